The Kier molecular flexibility index (Phi) is 4.19. The maximum atomic E-state index is 12.3. The van der Waals surface area contributed by atoms with Crippen LogP contribution >= 0.6 is 0 Å². The third-order valence-corrected chi connectivity index (χ3v) is 4.27. The van der Waals surface area contributed by atoms with Gasteiger partial charge in [-0.1, -0.05) is 12.1 Å². The van der Waals surface area contributed by atoms with Crippen LogP contribution in [0, 0.1) is 0 Å². The van der Waals surface area contributed by atoms with Crippen LogP contribution in [0.2, 0.25) is 0 Å². The largest absolute Gasteiger partial charge is 0.497 e. The average molecular weight is 311 g/mol. The minimum Gasteiger partial charge on any atom is -0.497 e. The first-order valence-electron chi connectivity index (χ1n) is 7.81. The highest BCUT2D eigenvalue weighted by Crippen LogP contribution is 2.30. The summed E-state index contributed by atoms with van der Waals surface area (Å²) < 4.78 is 5.19. The molecule has 5 nitrogen and oxygen atoms in total. The molecule has 23 heavy (non-hydrogen) atoms. The van der Waals surface area contributed by atoms with Crippen molar-refractivity contribution in [2.75, 3.05) is 19.0 Å². The number of pyridine rings is 1. The number of amides is 1. The number of aromatic nitrogens is 1. The quantitative estimate of drug-likeness (QED) is 0.921. The lowest BCUT2D eigenvalue weighted by molar-refractivity contribution is 0.0787. The first-order chi connectivity index (χ1) is 11.1. The van der Waals surface area contributed by atoms with Crippen LogP contribution < -0.4 is 10.1 Å². The number of benzene rings is 1. The monoisotopic (exact) mass is 311 g/mol. The van der Waals surface area contributed by atoms with Gasteiger partial charge in [-0.2, -0.15) is 0 Å². The first kappa shape index (κ1) is 15.3. The van der Waals surface area contributed by atoms with E-state index in [4.69, 9.17) is 4.74 Å². The van der Waals surface area contributed by atoms with Gasteiger partial charge in [0.15, 0.2) is 0 Å². The second-order valence-electron chi connectivity index (χ2n) is 5.64. The van der Waals surface area contributed by atoms with E-state index >= 15 is 0 Å². The lowest BCUT2D eigenvalue weighted by Crippen LogP contribution is -2.22. The van der Waals surface area contributed by atoms with Crippen LogP contribution in [-0.4, -0.2) is 29.4 Å². The molecule has 2 aromatic rings. The molecule has 0 aliphatic carbocycles. The number of hydrogen-bond acceptors (Lipinski definition) is 4. The molecule has 1 aliphatic heterocycles. The Morgan fingerprint density at radius 2 is 2.04 bits per heavy atom. The molecule has 1 N–H and O–H groups in total. The minimum atomic E-state index is 0.0880. The van der Waals surface area contributed by atoms with Gasteiger partial charge in [0.05, 0.1) is 13.7 Å². The van der Waals surface area contributed by atoms with Gasteiger partial charge >= 0.3 is 0 Å². The van der Waals surface area contributed by atoms with E-state index in [-0.39, 0.29) is 11.9 Å². The zero-order valence-corrected chi connectivity index (χ0v) is 13.7. The fraction of sp³-hybridized carbons (Fsp3) is 0.333. The van der Waals surface area contributed by atoms with Gasteiger partial charge in [0.2, 0.25) is 0 Å². The van der Waals surface area contributed by atoms with Crippen molar-refractivity contribution in [3.8, 4) is 5.75 Å². The molecular formula is C18H21N3O2. The molecule has 1 aromatic carbocycles. The number of anilines is 1. The molecule has 1 aliphatic rings. The number of nitrogens with zero attached hydrogens (tertiary/aromatic N) is 2. The SMILES string of the molecule is CCN1Cc2c(ccnc2NC(C)c2ccc(OC)cc2)C1=O. The van der Waals surface area contributed by atoms with Crippen molar-refractivity contribution in [3.63, 3.8) is 0 Å². The van der Waals surface area contributed by atoms with E-state index < -0.39 is 0 Å². The molecule has 1 amide bonds. The summed E-state index contributed by atoms with van der Waals surface area (Å²) in [7, 11) is 1.66. The number of carbonyl (C=O) groups is 1. The summed E-state index contributed by atoms with van der Waals surface area (Å²) in [6, 6.07) is 9.84. The van der Waals surface area contributed by atoms with Gasteiger partial charge in [0.25, 0.3) is 5.91 Å². The maximum absolute atomic E-state index is 12.3. The smallest absolute Gasteiger partial charge is 0.254 e. The molecule has 1 aromatic heterocycles. The van der Waals surface area contributed by atoms with Crippen molar-refractivity contribution < 1.29 is 9.53 Å². The predicted octanol–water partition coefficient (Wildman–Crippen LogP) is 3.24. The van der Waals surface area contributed by atoms with Crippen LogP contribution in [0.1, 0.15) is 41.4 Å². The number of nitrogens with one attached hydrogen (secondary N) is 1. The highest BCUT2D eigenvalue weighted by molar-refractivity contribution is 5.99. The standard InChI is InChI=1S/C18H21N3O2/c1-4-21-11-16-15(18(21)22)9-10-19-17(16)20-12(2)13-5-7-14(23-3)8-6-13/h5-10,12H,4,11H2,1-3H3,(H,19,20). The molecule has 1 unspecified atom stereocenters. The van der Waals surface area contributed by atoms with E-state index in [0.717, 1.165) is 28.3 Å². The second-order valence-corrected chi connectivity index (χ2v) is 5.64. The molecular weight excluding hydrogens is 290 g/mol. The van der Waals surface area contributed by atoms with Gasteiger partial charge < -0.3 is 15.0 Å². The van der Waals surface area contributed by atoms with Crippen LogP contribution in [0.4, 0.5) is 5.82 Å². The third-order valence-electron chi connectivity index (χ3n) is 4.27. The fourth-order valence-corrected chi connectivity index (χ4v) is 2.85. The fourth-order valence-electron chi connectivity index (χ4n) is 2.85. The van der Waals surface area contributed by atoms with E-state index in [0.29, 0.717) is 13.1 Å². The maximum Gasteiger partial charge on any atom is 0.254 e. The van der Waals surface area contributed by atoms with Crippen molar-refractivity contribution in [2.24, 2.45) is 0 Å². The zero-order chi connectivity index (χ0) is 16.4. The predicted molar refractivity (Wildman–Crippen MR) is 89.7 cm³/mol. The van der Waals surface area contributed by atoms with Crippen molar-refractivity contribution in [2.45, 2.75) is 26.4 Å². The van der Waals surface area contributed by atoms with Gasteiger partial charge in [0, 0.05) is 29.9 Å². The second kappa shape index (κ2) is 6.28. The van der Waals surface area contributed by atoms with E-state index in [1.165, 1.54) is 0 Å². The summed E-state index contributed by atoms with van der Waals surface area (Å²) in [5, 5.41) is 3.43. The number of hydrogen-bond donors (Lipinski definition) is 1. The van der Waals surface area contributed by atoms with E-state index in [1.54, 1.807) is 19.4 Å². The number of fused-ring (bicyclic) bond motifs is 1. The lowest BCUT2D eigenvalue weighted by Gasteiger charge is -2.17. The van der Waals surface area contributed by atoms with Gasteiger partial charge in [-0.25, -0.2) is 4.98 Å². The molecule has 0 saturated heterocycles. The number of methoxy groups -OCH3 is 1. The van der Waals surface area contributed by atoms with Crippen molar-refractivity contribution in [1.82, 2.24) is 9.88 Å². The summed E-state index contributed by atoms with van der Waals surface area (Å²) in [6.45, 7) is 5.40. The normalized spacial score (nSPS) is 14.6. The number of rotatable bonds is 5. The Balaban J connectivity index is 1.82. The van der Waals surface area contributed by atoms with Crippen LogP contribution in [-0.2, 0) is 6.54 Å². The number of carbonyl (C=O) groups excluding carboxylic acids is 1. The molecule has 3 rings (SSSR count). The molecule has 0 radical (unpaired) electrons. The van der Waals surface area contributed by atoms with Gasteiger partial charge in [-0.3, -0.25) is 4.79 Å². The Morgan fingerprint density at radius 3 is 2.70 bits per heavy atom. The molecule has 2 heterocycles. The lowest BCUT2D eigenvalue weighted by atomic mass is 10.1. The highest BCUT2D eigenvalue weighted by atomic mass is 16.5. The van der Waals surface area contributed by atoms with Crippen LogP contribution in [0.25, 0.3) is 0 Å². The van der Waals surface area contributed by atoms with E-state index in [1.807, 2.05) is 36.1 Å². The molecule has 0 spiro atoms. The minimum absolute atomic E-state index is 0.0880. The molecule has 0 saturated carbocycles. The third kappa shape index (κ3) is 2.86. The van der Waals surface area contributed by atoms with Crippen LogP contribution in [0.15, 0.2) is 36.5 Å². The van der Waals surface area contributed by atoms with Gasteiger partial charge in [0.1, 0.15) is 11.6 Å². The summed E-state index contributed by atoms with van der Waals surface area (Å²) in [5.74, 6) is 1.71. The van der Waals surface area contributed by atoms with Crippen molar-refractivity contribution in [1.29, 1.82) is 0 Å². The first-order valence-corrected chi connectivity index (χ1v) is 7.81. The summed E-state index contributed by atoms with van der Waals surface area (Å²) in [4.78, 5) is 18.5. The molecule has 120 valence electrons. The zero-order valence-electron chi connectivity index (χ0n) is 13.7. The Hall–Kier alpha value is -2.56. The topological polar surface area (TPSA) is 54.5 Å². The van der Waals surface area contributed by atoms with Crippen molar-refractivity contribution >= 4 is 11.7 Å². The van der Waals surface area contributed by atoms with E-state index in [9.17, 15) is 4.79 Å². The molecule has 0 fully saturated rings. The molecule has 5 heteroatoms. The van der Waals surface area contributed by atoms with E-state index in [2.05, 4.69) is 17.2 Å². The van der Waals surface area contributed by atoms with Crippen molar-refractivity contribution in [3.05, 3.63) is 53.2 Å². The van der Waals surface area contributed by atoms with Crippen LogP contribution in [0.3, 0.4) is 0 Å². The summed E-state index contributed by atoms with van der Waals surface area (Å²) >= 11 is 0. The Bertz CT molecular complexity index is 713. The Morgan fingerprint density at radius 1 is 1.30 bits per heavy atom. The van der Waals surface area contributed by atoms with Crippen LogP contribution in [0.5, 0.6) is 5.75 Å². The number of ether oxygens (including phenoxy) is 1. The Labute approximate surface area is 136 Å². The van der Waals surface area contributed by atoms with Gasteiger partial charge in [-0.05, 0) is 37.6 Å². The summed E-state index contributed by atoms with van der Waals surface area (Å²) in [5.41, 5.74) is 2.88. The average Bonchev–Trinajstić information content (AvgIpc) is 2.92. The highest BCUT2D eigenvalue weighted by Gasteiger charge is 2.29. The summed E-state index contributed by atoms with van der Waals surface area (Å²) in [6.07, 6.45) is 1.69. The molecule has 0 bridgehead atoms. The van der Waals surface area contributed by atoms with Gasteiger partial charge in [-0.15, -0.1) is 0 Å². The molecule has 1 atom stereocenters.